The fourth-order valence-electron chi connectivity index (χ4n) is 0.933. The van der Waals surface area contributed by atoms with Crippen molar-refractivity contribution in [2.45, 2.75) is 31.0 Å². The van der Waals surface area contributed by atoms with Crippen molar-refractivity contribution in [2.75, 3.05) is 0 Å². The molecule has 0 aromatic rings. The highest BCUT2D eigenvalue weighted by Gasteiger charge is 2.06. The molecule has 0 aromatic heterocycles. The molecule has 0 spiro atoms. The monoisotopic (exact) mass is 174 g/mol. The fraction of sp³-hybridized carbons (Fsp3) is 0.714. The zero-order valence-corrected chi connectivity index (χ0v) is 6.74. The highest BCUT2D eigenvalue weighted by atomic mass is 79.9. The molecule has 0 bridgehead atoms. The molecule has 0 aliphatic heterocycles. The quantitative estimate of drug-likeness (QED) is 0.392. The Kier molecular flexibility index (Phi) is 2.12. The Morgan fingerprint density at radius 2 is 2.50 bits per heavy atom. The maximum atomic E-state index is 3.57. The van der Waals surface area contributed by atoms with E-state index in [1.165, 1.54) is 19.3 Å². The van der Waals surface area contributed by atoms with Crippen molar-refractivity contribution < 1.29 is 0 Å². The van der Waals surface area contributed by atoms with Crippen molar-refractivity contribution in [3.8, 4) is 0 Å². The molecule has 0 nitrogen and oxygen atoms in total. The van der Waals surface area contributed by atoms with Crippen molar-refractivity contribution in [1.29, 1.82) is 0 Å². The first kappa shape index (κ1) is 6.34. The third kappa shape index (κ3) is 1.62. The maximum absolute atomic E-state index is 3.57. The molecule has 0 N–H and O–H groups in total. The minimum absolute atomic E-state index is 0.756. The summed E-state index contributed by atoms with van der Waals surface area (Å²) in [7, 11) is 0. The lowest BCUT2D eigenvalue weighted by Crippen LogP contribution is -2.01. The summed E-state index contributed by atoms with van der Waals surface area (Å²) < 4.78 is 0. The predicted octanol–water partition coefficient (Wildman–Crippen LogP) is 2.88. The lowest BCUT2D eigenvalue weighted by Gasteiger charge is -2.12. The molecule has 0 fully saturated rings. The zero-order valence-electron chi connectivity index (χ0n) is 5.15. The van der Waals surface area contributed by atoms with E-state index >= 15 is 0 Å². The van der Waals surface area contributed by atoms with E-state index in [1.54, 1.807) is 5.57 Å². The summed E-state index contributed by atoms with van der Waals surface area (Å²) in [6.45, 7) is 2.21. The first-order chi connectivity index (χ1) is 3.79. The molecule has 1 aliphatic rings. The van der Waals surface area contributed by atoms with Gasteiger partial charge in [0.05, 0.1) is 0 Å². The molecule has 1 rings (SSSR count). The Morgan fingerprint density at radius 1 is 1.75 bits per heavy atom. The second kappa shape index (κ2) is 2.67. The molecule has 0 aromatic carbocycles. The molecular weight excluding hydrogens is 164 g/mol. The Hall–Kier alpha value is 0.220. The van der Waals surface area contributed by atoms with Crippen LogP contribution >= 0.6 is 15.9 Å². The van der Waals surface area contributed by atoms with Crippen LogP contribution in [0.2, 0.25) is 0 Å². The second-order valence-corrected chi connectivity index (χ2v) is 3.72. The van der Waals surface area contributed by atoms with Crippen LogP contribution in [0.25, 0.3) is 0 Å². The first-order valence-corrected chi connectivity index (χ1v) is 4.00. The third-order valence-electron chi connectivity index (χ3n) is 1.57. The van der Waals surface area contributed by atoms with Crippen LogP contribution in [0.1, 0.15) is 26.2 Å². The summed E-state index contributed by atoms with van der Waals surface area (Å²) in [6, 6.07) is 0. The largest absolute Gasteiger partial charge is 0.0887 e. The molecule has 1 heteroatoms. The van der Waals surface area contributed by atoms with Gasteiger partial charge >= 0.3 is 0 Å². The van der Waals surface area contributed by atoms with E-state index in [4.69, 9.17) is 0 Å². The minimum Gasteiger partial charge on any atom is -0.0887 e. The number of halogens is 1. The molecular formula is C7H11Br. The third-order valence-corrected chi connectivity index (χ3v) is 2.41. The van der Waals surface area contributed by atoms with Gasteiger partial charge in [-0.2, -0.15) is 0 Å². The summed E-state index contributed by atoms with van der Waals surface area (Å²) in [6.07, 6.45) is 6.16. The number of alkyl halides is 1. The van der Waals surface area contributed by atoms with Gasteiger partial charge in [-0.05, 0) is 26.2 Å². The van der Waals surface area contributed by atoms with E-state index in [2.05, 4.69) is 28.9 Å². The maximum Gasteiger partial charge on any atom is 0.0183 e. The zero-order chi connectivity index (χ0) is 5.98. The van der Waals surface area contributed by atoms with Crippen LogP contribution in [0.15, 0.2) is 11.6 Å². The van der Waals surface area contributed by atoms with Gasteiger partial charge < -0.3 is 0 Å². The lowest BCUT2D eigenvalue weighted by atomic mass is 10.0. The van der Waals surface area contributed by atoms with Crippen LogP contribution in [0, 0.1) is 0 Å². The Morgan fingerprint density at radius 3 is 2.88 bits per heavy atom. The summed E-state index contributed by atoms with van der Waals surface area (Å²) in [5.41, 5.74) is 1.56. The van der Waals surface area contributed by atoms with E-state index in [0.717, 1.165) is 4.83 Å². The van der Waals surface area contributed by atoms with E-state index in [-0.39, 0.29) is 0 Å². The summed E-state index contributed by atoms with van der Waals surface area (Å²) in [5, 5.41) is 0. The normalized spacial score (nSPS) is 29.8. The molecule has 1 aliphatic carbocycles. The van der Waals surface area contributed by atoms with Crippen LogP contribution in [-0.2, 0) is 0 Å². The van der Waals surface area contributed by atoms with Gasteiger partial charge in [-0.3, -0.25) is 0 Å². The average Bonchev–Trinajstić information content (AvgIpc) is 1.77. The van der Waals surface area contributed by atoms with Crippen LogP contribution in [0.5, 0.6) is 0 Å². The Labute approximate surface area is 59.1 Å². The standard InChI is InChI=1S/C7H11Br/c1-6-2-4-7(8)5-3-6/h2,7H,3-5H2,1H3. The molecule has 0 saturated heterocycles. The fourth-order valence-corrected chi connectivity index (χ4v) is 1.35. The van der Waals surface area contributed by atoms with Crippen LogP contribution in [0.4, 0.5) is 0 Å². The van der Waals surface area contributed by atoms with Crippen molar-refractivity contribution in [3.63, 3.8) is 0 Å². The molecule has 8 heavy (non-hydrogen) atoms. The molecule has 0 saturated carbocycles. The summed E-state index contributed by atoms with van der Waals surface area (Å²) in [4.78, 5) is 0.756. The molecule has 0 amide bonds. The minimum atomic E-state index is 0.756. The van der Waals surface area contributed by atoms with Gasteiger partial charge in [-0.25, -0.2) is 0 Å². The van der Waals surface area contributed by atoms with E-state index in [0.29, 0.717) is 0 Å². The number of hydrogen-bond acceptors (Lipinski definition) is 0. The van der Waals surface area contributed by atoms with Gasteiger partial charge in [-0.1, -0.05) is 27.6 Å². The molecule has 0 radical (unpaired) electrons. The van der Waals surface area contributed by atoms with Crippen molar-refractivity contribution >= 4 is 15.9 Å². The second-order valence-electron chi connectivity index (χ2n) is 2.42. The Balaban J connectivity index is 2.42. The molecule has 1 atom stereocenters. The van der Waals surface area contributed by atoms with Crippen molar-refractivity contribution in [1.82, 2.24) is 0 Å². The van der Waals surface area contributed by atoms with Gasteiger partial charge in [0, 0.05) is 4.83 Å². The predicted molar refractivity (Wildman–Crippen MR) is 40.3 cm³/mol. The lowest BCUT2D eigenvalue weighted by molar-refractivity contribution is 0.728. The van der Waals surface area contributed by atoms with Gasteiger partial charge in [0.15, 0.2) is 0 Å². The first-order valence-electron chi connectivity index (χ1n) is 3.09. The van der Waals surface area contributed by atoms with E-state index in [9.17, 15) is 0 Å². The number of hydrogen-bond donors (Lipinski definition) is 0. The average molecular weight is 175 g/mol. The van der Waals surface area contributed by atoms with Crippen LogP contribution in [0.3, 0.4) is 0 Å². The van der Waals surface area contributed by atoms with Gasteiger partial charge in [0.25, 0.3) is 0 Å². The van der Waals surface area contributed by atoms with Crippen LogP contribution in [-0.4, -0.2) is 4.83 Å². The molecule has 46 valence electrons. The highest BCUT2D eigenvalue weighted by molar-refractivity contribution is 9.09. The summed E-state index contributed by atoms with van der Waals surface area (Å²) >= 11 is 3.57. The van der Waals surface area contributed by atoms with E-state index < -0.39 is 0 Å². The van der Waals surface area contributed by atoms with E-state index in [1.807, 2.05) is 0 Å². The van der Waals surface area contributed by atoms with Gasteiger partial charge in [-0.15, -0.1) is 0 Å². The van der Waals surface area contributed by atoms with Crippen molar-refractivity contribution in [2.24, 2.45) is 0 Å². The van der Waals surface area contributed by atoms with Crippen molar-refractivity contribution in [3.05, 3.63) is 11.6 Å². The SMILES string of the molecule is CC1=CCC(Br)CC1. The topological polar surface area (TPSA) is 0 Å². The molecule has 0 heterocycles. The van der Waals surface area contributed by atoms with Gasteiger partial charge in [0.1, 0.15) is 0 Å². The number of allylic oxidation sites excluding steroid dienone is 2. The van der Waals surface area contributed by atoms with Crippen LogP contribution < -0.4 is 0 Å². The molecule has 1 unspecified atom stereocenters. The van der Waals surface area contributed by atoms with Gasteiger partial charge in [0.2, 0.25) is 0 Å². The Bertz CT molecular complexity index is 105. The summed E-state index contributed by atoms with van der Waals surface area (Å²) in [5.74, 6) is 0. The highest BCUT2D eigenvalue weighted by Crippen LogP contribution is 2.22. The number of rotatable bonds is 0. The smallest absolute Gasteiger partial charge is 0.0183 e.